The first-order chi connectivity index (χ1) is 14.9. The zero-order valence-electron chi connectivity index (χ0n) is 16.1. The van der Waals surface area contributed by atoms with Gasteiger partial charge >= 0.3 is 6.18 Å². The van der Waals surface area contributed by atoms with Gasteiger partial charge in [-0.25, -0.2) is 9.37 Å². The van der Waals surface area contributed by atoms with Gasteiger partial charge in [-0.2, -0.15) is 13.2 Å². The van der Waals surface area contributed by atoms with Gasteiger partial charge in [-0.15, -0.1) is 22.7 Å². The van der Waals surface area contributed by atoms with Gasteiger partial charge in [0.1, 0.15) is 12.4 Å². The molecule has 4 aromatic rings. The molecule has 31 heavy (non-hydrogen) atoms. The van der Waals surface area contributed by atoms with E-state index in [-0.39, 0.29) is 23.2 Å². The molecule has 1 unspecified atom stereocenters. The summed E-state index contributed by atoms with van der Waals surface area (Å²) < 4.78 is 53.3. The van der Waals surface area contributed by atoms with Crippen LogP contribution in [0.2, 0.25) is 0 Å². The van der Waals surface area contributed by atoms with Crippen molar-refractivity contribution in [2.75, 3.05) is 6.54 Å². The molecule has 3 heterocycles. The lowest BCUT2D eigenvalue weighted by Crippen LogP contribution is -2.21. The van der Waals surface area contributed by atoms with Gasteiger partial charge in [0.25, 0.3) is 0 Å². The molecule has 1 aromatic carbocycles. The number of aliphatic hydroxyl groups is 1. The van der Waals surface area contributed by atoms with Gasteiger partial charge in [-0.3, -0.25) is 0 Å². The summed E-state index contributed by atoms with van der Waals surface area (Å²) in [7, 11) is 0. The number of pyridine rings is 1. The highest BCUT2D eigenvalue weighted by atomic mass is 32.1. The van der Waals surface area contributed by atoms with E-state index in [1.807, 2.05) is 29.6 Å². The Kier molecular flexibility index (Phi) is 6.38. The lowest BCUT2D eigenvalue weighted by Gasteiger charge is -2.17. The molecular formula is C22H18F4N2OS2. The number of fused-ring (bicyclic) bond motifs is 1. The number of para-hydroxylation sites is 1. The molecule has 4 rings (SSSR count). The first kappa shape index (κ1) is 21.9. The van der Waals surface area contributed by atoms with Crippen LogP contribution in [0.25, 0.3) is 20.7 Å². The van der Waals surface area contributed by atoms with Crippen molar-refractivity contribution in [3.8, 4) is 9.75 Å². The Hall–Kier alpha value is -2.33. The van der Waals surface area contributed by atoms with Gasteiger partial charge in [0.05, 0.1) is 11.6 Å². The number of halogens is 4. The van der Waals surface area contributed by atoms with Crippen LogP contribution < -0.4 is 5.32 Å². The molecule has 0 bridgehead atoms. The third kappa shape index (κ3) is 4.79. The minimum atomic E-state index is -4.70. The number of nitrogens with zero attached hydrogens (tertiary/aromatic N) is 1. The summed E-state index contributed by atoms with van der Waals surface area (Å²) in [5.74, 6) is 0. The quantitative estimate of drug-likeness (QED) is 0.313. The Morgan fingerprint density at radius 3 is 2.61 bits per heavy atom. The third-order valence-electron chi connectivity index (χ3n) is 4.81. The molecule has 9 heteroatoms. The molecule has 0 spiro atoms. The Labute approximate surface area is 184 Å². The molecule has 2 N–H and O–H groups in total. The summed E-state index contributed by atoms with van der Waals surface area (Å²) in [6, 6.07) is 13.4. The second-order valence-electron chi connectivity index (χ2n) is 6.93. The zero-order chi connectivity index (χ0) is 22.0. The predicted molar refractivity (Wildman–Crippen MR) is 116 cm³/mol. The number of nitrogens with one attached hydrogen (secondary N) is 1. The average Bonchev–Trinajstić information content (AvgIpc) is 3.43. The maximum Gasteiger partial charge on any atom is 0.433 e. The highest BCUT2D eigenvalue weighted by Gasteiger charge is 2.34. The summed E-state index contributed by atoms with van der Waals surface area (Å²) in [6.45, 7) is -0.426. The summed E-state index contributed by atoms with van der Waals surface area (Å²) >= 11 is 3.27. The van der Waals surface area contributed by atoms with Crippen LogP contribution in [0.1, 0.15) is 27.8 Å². The molecule has 0 aliphatic heterocycles. The summed E-state index contributed by atoms with van der Waals surface area (Å²) in [5, 5.41) is 16.1. The predicted octanol–water partition coefficient (Wildman–Crippen LogP) is 6.34. The van der Waals surface area contributed by atoms with E-state index in [0.29, 0.717) is 11.9 Å². The lowest BCUT2D eigenvalue weighted by atomic mass is 10.00. The van der Waals surface area contributed by atoms with Crippen LogP contribution in [0, 0.1) is 0 Å². The van der Waals surface area contributed by atoms with E-state index in [1.54, 1.807) is 34.8 Å². The highest BCUT2D eigenvalue weighted by Crippen LogP contribution is 2.35. The molecule has 0 radical (unpaired) electrons. The SMILES string of the molecule is OC(CNCc1ccc(-c2cccs2)s1)c1cc(C(F)(F)F)nc2c(CF)cccc12. The van der Waals surface area contributed by atoms with E-state index >= 15 is 0 Å². The van der Waals surface area contributed by atoms with Crippen LogP contribution in [0.15, 0.2) is 53.9 Å². The fraction of sp³-hybridized carbons (Fsp3) is 0.227. The Bertz CT molecular complexity index is 1170. The van der Waals surface area contributed by atoms with Crippen molar-refractivity contribution in [2.45, 2.75) is 25.5 Å². The molecule has 0 saturated carbocycles. The smallest absolute Gasteiger partial charge is 0.387 e. The minimum absolute atomic E-state index is 0.0441. The standard InChI is InChI=1S/C22H18F4N2OS2/c23-10-13-3-1-4-15-16(9-20(22(24,25)26)28-21(13)15)17(29)12-27-11-14-6-7-19(31-14)18-5-2-8-30-18/h1-9,17,27,29H,10-12H2. The van der Waals surface area contributed by atoms with E-state index < -0.39 is 24.6 Å². The largest absolute Gasteiger partial charge is 0.433 e. The van der Waals surface area contributed by atoms with Crippen molar-refractivity contribution >= 4 is 33.6 Å². The van der Waals surface area contributed by atoms with Crippen molar-refractivity contribution in [3.05, 3.63) is 75.6 Å². The van der Waals surface area contributed by atoms with Crippen LogP contribution in [0.3, 0.4) is 0 Å². The third-order valence-corrected chi connectivity index (χ3v) is 6.96. The van der Waals surface area contributed by atoms with E-state index in [1.165, 1.54) is 10.9 Å². The van der Waals surface area contributed by atoms with Gasteiger partial charge in [-0.05, 0) is 35.2 Å². The summed E-state index contributed by atoms with van der Waals surface area (Å²) in [4.78, 5) is 6.98. The number of hydrogen-bond donors (Lipinski definition) is 2. The van der Waals surface area contributed by atoms with Crippen molar-refractivity contribution < 1.29 is 22.7 Å². The van der Waals surface area contributed by atoms with Gasteiger partial charge in [0.15, 0.2) is 0 Å². The molecule has 0 saturated heterocycles. The van der Waals surface area contributed by atoms with E-state index in [9.17, 15) is 22.7 Å². The average molecular weight is 467 g/mol. The molecule has 162 valence electrons. The minimum Gasteiger partial charge on any atom is -0.387 e. The van der Waals surface area contributed by atoms with Crippen LogP contribution in [-0.4, -0.2) is 16.6 Å². The number of aliphatic hydroxyl groups excluding tert-OH is 1. The Morgan fingerprint density at radius 1 is 1.06 bits per heavy atom. The number of alkyl halides is 4. The molecule has 3 aromatic heterocycles. The highest BCUT2D eigenvalue weighted by molar-refractivity contribution is 7.21. The van der Waals surface area contributed by atoms with Crippen LogP contribution in [0.5, 0.6) is 0 Å². The van der Waals surface area contributed by atoms with E-state index in [2.05, 4.69) is 10.3 Å². The summed E-state index contributed by atoms with van der Waals surface area (Å²) in [6.07, 6.45) is -5.91. The fourth-order valence-corrected chi connectivity index (χ4v) is 5.14. The second kappa shape index (κ2) is 9.04. The van der Waals surface area contributed by atoms with Crippen molar-refractivity contribution in [3.63, 3.8) is 0 Å². The lowest BCUT2D eigenvalue weighted by molar-refractivity contribution is -0.141. The molecule has 0 amide bonds. The van der Waals surface area contributed by atoms with Crippen molar-refractivity contribution in [1.29, 1.82) is 0 Å². The van der Waals surface area contributed by atoms with Gasteiger partial charge in [0, 0.05) is 38.7 Å². The fourth-order valence-electron chi connectivity index (χ4n) is 3.33. The van der Waals surface area contributed by atoms with Crippen LogP contribution in [-0.2, 0) is 19.4 Å². The molecule has 3 nitrogen and oxygen atoms in total. The van der Waals surface area contributed by atoms with E-state index in [4.69, 9.17) is 0 Å². The maximum absolute atomic E-state index is 13.3. The molecule has 0 aliphatic rings. The van der Waals surface area contributed by atoms with Gasteiger partial charge in [0.2, 0.25) is 0 Å². The normalized spacial score (nSPS) is 13.1. The first-order valence-electron chi connectivity index (χ1n) is 9.44. The van der Waals surface area contributed by atoms with Crippen molar-refractivity contribution in [1.82, 2.24) is 10.3 Å². The summed E-state index contributed by atoms with van der Waals surface area (Å²) in [5.41, 5.74) is -1.09. The number of aromatic nitrogens is 1. The second-order valence-corrected chi connectivity index (χ2v) is 9.05. The topological polar surface area (TPSA) is 45.1 Å². The number of benzene rings is 1. The molecular weight excluding hydrogens is 448 g/mol. The van der Waals surface area contributed by atoms with Crippen LogP contribution >= 0.6 is 22.7 Å². The van der Waals surface area contributed by atoms with Gasteiger partial charge < -0.3 is 10.4 Å². The molecule has 0 aliphatic carbocycles. The molecule has 1 atom stereocenters. The Morgan fingerprint density at radius 2 is 1.90 bits per heavy atom. The maximum atomic E-state index is 13.3. The first-order valence-corrected chi connectivity index (χ1v) is 11.1. The van der Waals surface area contributed by atoms with Crippen LogP contribution in [0.4, 0.5) is 17.6 Å². The Balaban J connectivity index is 1.54. The number of hydrogen-bond acceptors (Lipinski definition) is 5. The van der Waals surface area contributed by atoms with Crippen molar-refractivity contribution in [2.24, 2.45) is 0 Å². The number of rotatable bonds is 7. The van der Waals surface area contributed by atoms with E-state index in [0.717, 1.165) is 15.8 Å². The monoisotopic (exact) mass is 466 g/mol. The molecule has 0 fully saturated rings. The zero-order valence-corrected chi connectivity index (χ0v) is 17.8. The van der Waals surface area contributed by atoms with Gasteiger partial charge in [-0.1, -0.05) is 24.3 Å². The number of thiophene rings is 2.